The largest absolute Gasteiger partial charge is 0.361 e. The topological polar surface area (TPSA) is 105 Å². The number of nitrogens with one attached hydrogen (secondary N) is 1. The Morgan fingerprint density at radius 1 is 1.10 bits per heavy atom. The maximum Gasteiger partial charge on any atom is 0.224 e. The minimum absolute atomic E-state index is 0.0839. The maximum absolute atomic E-state index is 14.3. The van der Waals surface area contributed by atoms with Crippen LogP contribution in [0, 0.1) is 24.5 Å². The van der Waals surface area contributed by atoms with Crippen LogP contribution >= 0.6 is 0 Å². The van der Waals surface area contributed by atoms with Crippen LogP contribution in [0.1, 0.15) is 72.4 Å². The summed E-state index contributed by atoms with van der Waals surface area (Å²) in [5, 5.41) is 6.67. The number of Topliss-reactive ketones (excluding diaryl/α,β-unsaturated/α-hetero) is 1. The number of hydrogen-bond donors (Lipinski definition) is 1. The summed E-state index contributed by atoms with van der Waals surface area (Å²) in [4.78, 5) is 46.3. The van der Waals surface area contributed by atoms with Crippen LogP contribution in [0.2, 0.25) is 0 Å². The van der Waals surface area contributed by atoms with E-state index in [0.29, 0.717) is 23.6 Å². The predicted octanol–water partition coefficient (Wildman–Crippen LogP) is 5.59. The van der Waals surface area contributed by atoms with Gasteiger partial charge in [-0.1, -0.05) is 35.5 Å². The number of hydrogen-bond acceptors (Lipinski definition) is 6. The van der Waals surface area contributed by atoms with Crippen LogP contribution in [0.15, 0.2) is 70.3 Å². The Balaban J connectivity index is 1.28. The maximum atomic E-state index is 14.3. The normalized spacial score (nSPS) is 17.9. The lowest BCUT2D eigenvalue weighted by molar-refractivity contribution is -0.137. The van der Waals surface area contributed by atoms with Crippen LogP contribution in [0.3, 0.4) is 0 Å². The molecular weight excluding hydrogens is 542 g/mol. The molecular formula is C32H32F2N4O4. The molecule has 2 amide bonds. The Labute approximate surface area is 242 Å². The van der Waals surface area contributed by atoms with E-state index in [9.17, 15) is 23.2 Å². The molecule has 0 aliphatic carbocycles. The first-order valence-electron chi connectivity index (χ1n) is 14.0. The average Bonchev–Trinajstić information content (AvgIpc) is 3.74. The Kier molecular flexibility index (Phi) is 8.70. The third-order valence-corrected chi connectivity index (χ3v) is 7.79. The molecule has 2 aliphatic rings. The molecule has 1 aromatic heterocycles. The molecule has 3 aromatic rings. The number of benzene rings is 2. The van der Waals surface area contributed by atoms with Gasteiger partial charge < -0.3 is 14.7 Å². The van der Waals surface area contributed by atoms with Gasteiger partial charge in [0.15, 0.2) is 5.78 Å². The van der Waals surface area contributed by atoms with Crippen LogP contribution in [0.25, 0.3) is 5.57 Å². The summed E-state index contributed by atoms with van der Waals surface area (Å²) >= 11 is 0. The number of rotatable bonds is 10. The molecule has 2 aromatic carbocycles. The summed E-state index contributed by atoms with van der Waals surface area (Å²) in [5.41, 5.74) is 2.52. The fraction of sp³-hybridized carbons (Fsp3) is 0.344. The first-order chi connectivity index (χ1) is 20.2. The molecule has 1 fully saturated rings. The van der Waals surface area contributed by atoms with Gasteiger partial charge in [-0.05, 0) is 50.0 Å². The number of carbonyl (C=O) groups is 3. The smallest absolute Gasteiger partial charge is 0.224 e. The first kappa shape index (κ1) is 29.0. The SMILES string of the molecule is Cc1cc(C(=O)C[C@@H](CC(=O)N2CCC[C@@H]2c2ccccc2)C(=O)N[C@@H](C)C2=NC=C(c3ccc(F)cc3F)C2)no1. The molecule has 0 radical (unpaired) electrons. The molecule has 1 saturated heterocycles. The van der Waals surface area contributed by atoms with E-state index in [0.717, 1.165) is 24.5 Å². The highest BCUT2D eigenvalue weighted by Gasteiger charge is 2.34. The van der Waals surface area contributed by atoms with E-state index < -0.39 is 35.3 Å². The lowest BCUT2D eigenvalue weighted by Gasteiger charge is -2.27. The van der Waals surface area contributed by atoms with E-state index in [1.807, 2.05) is 30.3 Å². The monoisotopic (exact) mass is 574 g/mol. The zero-order valence-corrected chi connectivity index (χ0v) is 23.5. The molecule has 42 heavy (non-hydrogen) atoms. The third-order valence-electron chi connectivity index (χ3n) is 7.79. The van der Waals surface area contributed by atoms with Gasteiger partial charge in [0, 0.05) is 55.4 Å². The minimum Gasteiger partial charge on any atom is -0.361 e. The molecule has 0 spiro atoms. The van der Waals surface area contributed by atoms with E-state index >= 15 is 0 Å². The molecule has 0 saturated carbocycles. The van der Waals surface area contributed by atoms with Crippen molar-refractivity contribution in [3.63, 3.8) is 0 Å². The molecule has 3 heterocycles. The number of aromatic nitrogens is 1. The molecule has 5 rings (SSSR count). The van der Waals surface area contributed by atoms with Crippen molar-refractivity contribution in [3.05, 3.63) is 95.0 Å². The van der Waals surface area contributed by atoms with E-state index in [2.05, 4.69) is 15.5 Å². The third kappa shape index (κ3) is 6.53. The predicted molar refractivity (Wildman–Crippen MR) is 152 cm³/mol. The summed E-state index contributed by atoms with van der Waals surface area (Å²) in [6.07, 6.45) is 3.06. The van der Waals surface area contributed by atoms with Gasteiger partial charge in [-0.2, -0.15) is 0 Å². The highest BCUT2D eigenvalue weighted by molar-refractivity contribution is 6.04. The number of halogens is 2. The second kappa shape index (κ2) is 12.6. The van der Waals surface area contributed by atoms with Crippen molar-refractivity contribution in [1.29, 1.82) is 0 Å². The fourth-order valence-corrected chi connectivity index (χ4v) is 5.54. The summed E-state index contributed by atoms with van der Waals surface area (Å²) in [7, 11) is 0. The molecule has 2 aliphatic heterocycles. The average molecular weight is 575 g/mol. The van der Waals surface area contributed by atoms with Gasteiger partial charge in [0.1, 0.15) is 23.1 Å². The van der Waals surface area contributed by atoms with Crippen molar-refractivity contribution in [1.82, 2.24) is 15.4 Å². The number of carbonyl (C=O) groups excluding carboxylic acids is 3. The van der Waals surface area contributed by atoms with Crippen molar-refractivity contribution in [2.45, 2.75) is 58.0 Å². The van der Waals surface area contributed by atoms with Gasteiger partial charge in [0.25, 0.3) is 0 Å². The van der Waals surface area contributed by atoms with Crippen molar-refractivity contribution < 1.29 is 27.7 Å². The van der Waals surface area contributed by atoms with Crippen molar-refractivity contribution >= 4 is 28.9 Å². The van der Waals surface area contributed by atoms with Gasteiger partial charge in [-0.3, -0.25) is 19.4 Å². The number of amides is 2. The summed E-state index contributed by atoms with van der Waals surface area (Å²) < 4.78 is 32.7. The number of ketones is 1. The molecule has 218 valence electrons. The van der Waals surface area contributed by atoms with Gasteiger partial charge >= 0.3 is 0 Å². The molecule has 8 nitrogen and oxygen atoms in total. The number of aliphatic imine (C=N–C) groups is 1. The summed E-state index contributed by atoms with van der Waals surface area (Å²) in [5.74, 6) is -2.92. The second-order valence-corrected chi connectivity index (χ2v) is 10.8. The Hall–Kier alpha value is -4.47. The number of aryl methyl sites for hydroxylation is 1. The van der Waals surface area contributed by atoms with Gasteiger partial charge in [-0.25, -0.2) is 8.78 Å². The molecule has 0 bridgehead atoms. The van der Waals surface area contributed by atoms with Gasteiger partial charge in [0.05, 0.1) is 18.0 Å². The highest BCUT2D eigenvalue weighted by atomic mass is 19.1. The van der Waals surface area contributed by atoms with Crippen LogP contribution in [-0.4, -0.2) is 46.0 Å². The van der Waals surface area contributed by atoms with E-state index in [1.54, 1.807) is 18.7 Å². The van der Waals surface area contributed by atoms with Crippen LogP contribution in [0.4, 0.5) is 8.78 Å². The van der Waals surface area contributed by atoms with Crippen molar-refractivity contribution in [3.8, 4) is 0 Å². The lowest BCUT2D eigenvalue weighted by atomic mass is 9.94. The minimum atomic E-state index is -0.953. The number of nitrogens with zero attached hydrogens (tertiary/aromatic N) is 3. The van der Waals surface area contributed by atoms with E-state index in [1.165, 1.54) is 24.4 Å². The summed E-state index contributed by atoms with van der Waals surface area (Å²) in [6, 6.07) is 14.0. The van der Waals surface area contributed by atoms with E-state index in [-0.39, 0.29) is 42.5 Å². The Morgan fingerprint density at radius 3 is 2.60 bits per heavy atom. The number of likely N-dealkylation sites (tertiary alicyclic amines) is 1. The molecule has 10 heteroatoms. The first-order valence-corrected chi connectivity index (χ1v) is 14.0. The van der Waals surface area contributed by atoms with Crippen LogP contribution in [0.5, 0.6) is 0 Å². The lowest BCUT2D eigenvalue weighted by Crippen LogP contribution is -2.43. The van der Waals surface area contributed by atoms with Gasteiger partial charge in [-0.15, -0.1) is 0 Å². The standard InChI is InChI=1S/C32H32F2N4O4/c1-19-13-28(37-42-19)30(39)15-22(16-31(40)38-12-6-9-29(38)21-7-4-3-5-8-21)32(41)36-20(2)27-14-23(18-35-27)25-11-10-24(33)17-26(25)34/h3-5,7-8,10-11,13,17-18,20,22,29H,6,9,12,14-16H2,1-2H3,(H,36,41)/t20-,22-,29+/m0/s1. The van der Waals surface area contributed by atoms with Gasteiger partial charge in [0.2, 0.25) is 11.8 Å². The zero-order chi connectivity index (χ0) is 29.8. The highest BCUT2D eigenvalue weighted by Crippen LogP contribution is 2.33. The number of allylic oxidation sites excluding steroid dienone is 1. The Bertz CT molecular complexity index is 1550. The van der Waals surface area contributed by atoms with Crippen molar-refractivity contribution in [2.75, 3.05) is 6.54 Å². The molecule has 0 unspecified atom stereocenters. The fourth-order valence-electron chi connectivity index (χ4n) is 5.54. The second-order valence-electron chi connectivity index (χ2n) is 10.8. The Morgan fingerprint density at radius 2 is 1.88 bits per heavy atom. The quantitative estimate of drug-likeness (QED) is 0.318. The zero-order valence-electron chi connectivity index (χ0n) is 23.5. The molecule has 3 atom stereocenters. The van der Waals surface area contributed by atoms with Crippen LogP contribution in [-0.2, 0) is 9.59 Å². The molecule has 1 N–H and O–H groups in total. The van der Waals surface area contributed by atoms with E-state index in [4.69, 9.17) is 4.52 Å². The van der Waals surface area contributed by atoms with Crippen molar-refractivity contribution in [2.24, 2.45) is 10.9 Å². The summed E-state index contributed by atoms with van der Waals surface area (Å²) in [6.45, 7) is 3.98. The van der Waals surface area contributed by atoms with Crippen LogP contribution < -0.4 is 5.32 Å².